The van der Waals surface area contributed by atoms with Gasteiger partial charge < -0.3 is 5.11 Å². The topological polar surface area (TPSA) is 66.7 Å². The highest BCUT2D eigenvalue weighted by Crippen LogP contribution is 2.46. The van der Waals surface area contributed by atoms with E-state index in [1.165, 1.54) is 0 Å². The van der Waals surface area contributed by atoms with Crippen molar-refractivity contribution in [3.05, 3.63) is 75.8 Å². The number of carbonyl (C=O) groups is 2. The molecule has 27 heavy (non-hydrogen) atoms. The van der Waals surface area contributed by atoms with Crippen LogP contribution in [-0.2, 0) is 9.59 Å². The molecule has 0 spiro atoms. The van der Waals surface area contributed by atoms with Gasteiger partial charge >= 0.3 is 5.97 Å². The van der Waals surface area contributed by atoms with Crippen LogP contribution in [0.1, 0.15) is 11.1 Å². The summed E-state index contributed by atoms with van der Waals surface area (Å²) in [4.78, 5) is 29.9. The van der Waals surface area contributed by atoms with E-state index >= 15 is 0 Å². The van der Waals surface area contributed by atoms with E-state index in [-0.39, 0.29) is 5.57 Å². The summed E-state index contributed by atoms with van der Waals surface area (Å²) in [5.41, 5.74) is 2.27. The van der Waals surface area contributed by atoms with E-state index in [0.717, 1.165) is 36.2 Å². The van der Waals surface area contributed by atoms with Crippen molar-refractivity contribution in [2.75, 3.05) is 0 Å². The molecular formula is C21H10BrNO3S. The second-order valence-corrected chi connectivity index (χ2v) is 8.25. The number of rotatable bonds is 3. The summed E-state index contributed by atoms with van der Waals surface area (Å²) in [7, 11) is 0. The molecule has 0 fully saturated rings. The normalized spacial score (nSPS) is 14.7. The van der Waals surface area contributed by atoms with E-state index in [4.69, 9.17) is 0 Å². The Morgan fingerprint density at radius 1 is 1.00 bits per heavy atom. The number of nitrogens with zero attached hydrogens (tertiary/aromatic N) is 1. The molecule has 0 saturated carbocycles. The Morgan fingerprint density at radius 2 is 1.78 bits per heavy atom. The number of amides is 1. The largest absolute Gasteiger partial charge is 0.477 e. The van der Waals surface area contributed by atoms with Gasteiger partial charge in [-0.1, -0.05) is 52.0 Å². The number of hydrogen-bond donors (Lipinski definition) is 1. The highest BCUT2D eigenvalue weighted by molar-refractivity contribution is 9.10. The number of carboxylic acid groups (broad SMARTS) is 1. The summed E-state index contributed by atoms with van der Waals surface area (Å²) >= 11 is 5.09. The highest BCUT2D eigenvalue weighted by atomic mass is 79.9. The molecule has 0 radical (unpaired) electrons. The molecule has 6 heteroatoms. The van der Waals surface area contributed by atoms with Crippen LogP contribution in [0.3, 0.4) is 0 Å². The fraction of sp³-hybridized carbons (Fsp3) is 0. The Morgan fingerprint density at radius 3 is 2.52 bits per heavy atom. The first kappa shape index (κ1) is 16.5. The summed E-state index contributed by atoms with van der Waals surface area (Å²) in [5, 5.41) is 11.5. The molecule has 0 atom stereocenters. The summed E-state index contributed by atoms with van der Waals surface area (Å²) in [6.45, 7) is 0. The van der Waals surface area contributed by atoms with E-state index in [9.17, 15) is 14.7 Å². The van der Waals surface area contributed by atoms with E-state index in [1.807, 2.05) is 54.6 Å². The van der Waals surface area contributed by atoms with Crippen molar-refractivity contribution in [2.45, 2.75) is 9.79 Å². The average Bonchev–Trinajstić information content (AvgIpc) is 3.14. The maximum absolute atomic E-state index is 12.1. The van der Waals surface area contributed by atoms with E-state index in [2.05, 4.69) is 20.9 Å². The lowest BCUT2D eigenvalue weighted by atomic mass is 10.0. The van der Waals surface area contributed by atoms with E-state index in [0.29, 0.717) is 11.3 Å². The Kier molecular flexibility index (Phi) is 3.60. The van der Waals surface area contributed by atoms with Crippen LogP contribution >= 0.6 is 27.7 Å². The van der Waals surface area contributed by atoms with Gasteiger partial charge in [-0.25, -0.2) is 9.79 Å². The minimum Gasteiger partial charge on any atom is -0.477 e. The van der Waals surface area contributed by atoms with Gasteiger partial charge in [0.2, 0.25) is 0 Å². The predicted octanol–water partition coefficient (Wildman–Crippen LogP) is 4.93. The van der Waals surface area contributed by atoms with E-state index < -0.39 is 11.9 Å². The molecule has 1 aliphatic carbocycles. The van der Waals surface area contributed by atoms with Crippen LogP contribution < -0.4 is 0 Å². The maximum Gasteiger partial charge on any atom is 0.342 e. The van der Waals surface area contributed by atoms with Crippen LogP contribution in [0.15, 0.2) is 79.4 Å². The number of carboxylic acids is 1. The van der Waals surface area contributed by atoms with Gasteiger partial charge in [0, 0.05) is 30.8 Å². The zero-order valence-corrected chi connectivity index (χ0v) is 16.1. The minimum atomic E-state index is -1.23. The number of aliphatic carboxylic acids is 1. The molecule has 1 aliphatic heterocycles. The first-order valence-corrected chi connectivity index (χ1v) is 9.76. The molecule has 1 N–H and O–H groups in total. The monoisotopic (exact) mass is 435 g/mol. The zero-order chi connectivity index (χ0) is 18.7. The number of benzene rings is 3. The first-order chi connectivity index (χ1) is 13.0. The van der Waals surface area contributed by atoms with Gasteiger partial charge in [-0.05, 0) is 41.3 Å². The summed E-state index contributed by atoms with van der Waals surface area (Å²) in [5.74, 6) is -1.91. The second-order valence-electron chi connectivity index (χ2n) is 6.22. The lowest BCUT2D eigenvalue weighted by Gasteiger charge is -2.09. The lowest BCUT2D eigenvalue weighted by molar-refractivity contribution is -0.134. The molecule has 3 aromatic rings. The van der Waals surface area contributed by atoms with Crippen molar-refractivity contribution in [3.8, 4) is 0 Å². The molecule has 1 amide bonds. The SMILES string of the molecule is O=C(O)C1=C2C(=NC1=O)c1cccc3c(Sc4ccc(Br)cc4)ccc2c13. The summed E-state index contributed by atoms with van der Waals surface area (Å²) in [6.07, 6.45) is 0. The Balaban J connectivity index is 1.73. The number of aliphatic imine (C=N–C) groups is 1. The quantitative estimate of drug-likeness (QED) is 0.591. The van der Waals surface area contributed by atoms with Gasteiger partial charge in [0.05, 0.1) is 5.71 Å². The smallest absolute Gasteiger partial charge is 0.342 e. The Bertz CT molecular complexity index is 1240. The molecule has 3 aromatic carbocycles. The molecule has 130 valence electrons. The third kappa shape index (κ3) is 2.40. The van der Waals surface area contributed by atoms with Crippen LogP contribution in [0, 0.1) is 0 Å². The molecule has 0 aromatic heterocycles. The van der Waals surface area contributed by atoms with Gasteiger partial charge in [-0.2, -0.15) is 0 Å². The fourth-order valence-electron chi connectivity index (χ4n) is 3.60. The number of halogens is 1. The van der Waals surface area contributed by atoms with E-state index in [1.54, 1.807) is 11.8 Å². The first-order valence-electron chi connectivity index (χ1n) is 8.15. The number of hydrogen-bond acceptors (Lipinski definition) is 3. The van der Waals surface area contributed by atoms with Crippen molar-refractivity contribution in [1.29, 1.82) is 0 Å². The van der Waals surface area contributed by atoms with Crippen molar-refractivity contribution < 1.29 is 14.7 Å². The molecule has 0 saturated heterocycles. The highest BCUT2D eigenvalue weighted by Gasteiger charge is 2.38. The maximum atomic E-state index is 12.1. The van der Waals surface area contributed by atoms with Crippen LogP contribution in [0.4, 0.5) is 0 Å². The third-order valence-corrected chi connectivity index (χ3v) is 6.31. The molecule has 2 aliphatic rings. The van der Waals surface area contributed by atoms with Crippen LogP contribution in [0.2, 0.25) is 0 Å². The van der Waals surface area contributed by atoms with Gasteiger partial charge in [0.25, 0.3) is 5.91 Å². The van der Waals surface area contributed by atoms with Crippen molar-refractivity contribution in [1.82, 2.24) is 0 Å². The van der Waals surface area contributed by atoms with Crippen molar-refractivity contribution in [3.63, 3.8) is 0 Å². The molecule has 4 nitrogen and oxygen atoms in total. The standard InChI is InChI=1S/C21H10BrNO3S/c22-10-4-6-11(7-5-10)27-15-9-8-13-16-12(15)2-1-3-14(16)19-17(13)18(21(25)26)20(24)23-19/h1-9H,(H,25,26). The molecule has 0 bridgehead atoms. The van der Waals surface area contributed by atoms with Gasteiger partial charge in [-0.3, -0.25) is 4.79 Å². The van der Waals surface area contributed by atoms with Gasteiger partial charge in [0.1, 0.15) is 5.57 Å². The van der Waals surface area contributed by atoms with Crippen LogP contribution in [0.25, 0.3) is 16.3 Å². The number of carbonyl (C=O) groups excluding carboxylic acids is 1. The lowest BCUT2D eigenvalue weighted by Crippen LogP contribution is -2.08. The summed E-state index contributed by atoms with van der Waals surface area (Å²) in [6, 6.07) is 17.8. The predicted molar refractivity (Wildman–Crippen MR) is 108 cm³/mol. The Labute approximate surface area is 166 Å². The van der Waals surface area contributed by atoms with Gasteiger partial charge in [0.15, 0.2) is 0 Å². The Hall–Kier alpha value is -2.70. The molecule has 1 heterocycles. The second kappa shape index (κ2) is 5.90. The molecule has 0 unspecified atom stereocenters. The van der Waals surface area contributed by atoms with Gasteiger partial charge in [-0.15, -0.1) is 0 Å². The summed E-state index contributed by atoms with van der Waals surface area (Å²) < 4.78 is 1.02. The minimum absolute atomic E-state index is 0.240. The average molecular weight is 436 g/mol. The molecular weight excluding hydrogens is 426 g/mol. The fourth-order valence-corrected chi connectivity index (χ4v) is 4.81. The third-order valence-electron chi connectivity index (χ3n) is 4.69. The number of fused-ring (bicyclic) bond motifs is 3. The van der Waals surface area contributed by atoms with Crippen LogP contribution in [-0.4, -0.2) is 22.7 Å². The van der Waals surface area contributed by atoms with Crippen LogP contribution in [0.5, 0.6) is 0 Å². The number of allylic oxidation sites excluding steroid dienone is 1. The zero-order valence-electron chi connectivity index (χ0n) is 13.7. The van der Waals surface area contributed by atoms with Crippen molar-refractivity contribution in [2.24, 2.45) is 4.99 Å². The van der Waals surface area contributed by atoms with Crippen molar-refractivity contribution >= 4 is 61.6 Å². The molecule has 5 rings (SSSR count).